The molecule has 5 nitrogen and oxygen atoms in total. The lowest BCUT2D eigenvalue weighted by atomic mass is 9.62. The normalized spacial score (nSPS) is 39.0. The Kier molecular flexibility index (Phi) is 7.54. The van der Waals surface area contributed by atoms with Gasteiger partial charge >= 0.3 is 0 Å². The molecule has 0 unspecified atom stereocenters. The van der Waals surface area contributed by atoms with Crippen LogP contribution in [0.2, 0.25) is 0 Å². The van der Waals surface area contributed by atoms with Crippen molar-refractivity contribution in [2.24, 2.45) is 17.3 Å². The topological polar surface area (TPSA) is 90.2 Å². The molecule has 0 bridgehead atoms. The Hall–Kier alpha value is -0.980. The first kappa shape index (κ1) is 24.7. The van der Waals surface area contributed by atoms with Gasteiger partial charge in [-0.05, 0) is 87.7 Å². The van der Waals surface area contributed by atoms with Gasteiger partial charge < -0.3 is 25.2 Å². The van der Waals surface area contributed by atoms with Crippen LogP contribution in [0.25, 0.3) is 0 Å². The Bertz CT molecular complexity index is 718. The molecule has 4 N–H and O–H groups in total. The number of aliphatic hydroxyl groups excluding tert-OH is 3. The van der Waals surface area contributed by atoms with Gasteiger partial charge in [-0.15, -0.1) is 0 Å². The van der Waals surface area contributed by atoms with Crippen LogP contribution in [0.1, 0.15) is 72.6 Å². The van der Waals surface area contributed by atoms with Crippen molar-refractivity contribution in [1.29, 1.82) is 0 Å². The van der Waals surface area contributed by atoms with Crippen molar-refractivity contribution in [1.82, 2.24) is 0 Å². The predicted octanol–water partition coefficient (Wildman–Crippen LogP) is 3.66. The summed E-state index contributed by atoms with van der Waals surface area (Å²) in [6.45, 7) is 11.9. The highest BCUT2D eigenvalue weighted by atomic mass is 16.5. The molecule has 0 aromatic heterocycles. The van der Waals surface area contributed by atoms with Gasteiger partial charge in [0.15, 0.2) is 0 Å². The van der Waals surface area contributed by atoms with E-state index in [1.807, 2.05) is 0 Å². The second-order valence-electron chi connectivity index (χ2n) is 10.9. The molecular formula is C26H42O5. The van der Waals surface area contributed by atoms with E-state index in [2.05, 4.69) is 32.6 Å². The van der Waals surface area contributed by atoms with Crippen molar-refractivity contribution in [3.8, 4) is 0 Å². The maximum Gasteiger partial charge on any atom is 0.105 e. The zero-order chi connectivity index (χ0) is 23.0. The van der Waals surface area contributed by atoms with Crippen LogP contribution in [0.15, 0.2) is 35.5 Å². The summed E-state index contributed by atoms with van der Waals surface area (Å²) < 4.78 is 6.05. The molecule has 5 heteroatoms. The lowest BCUT2D eigenvalue weighted by Gasteiger charge is -2.44. The number of rotatable bonds is 6. The Morgan fingerprint density at radius 2 is 1.97 bits per heavy atom. The van der Waals surface area contributed by atoms with E-state index in [1.165, 1.54) is 12.0 Å². The fourth-order valence-electron chi connectivity index (χ4n) is 6.08. The van der Waals surface area contributed by atoms with Gasteiger partial charge in [0.1, 0.15) is 6.10 Å². The van der Waals surface area contributed by atoms with E-state index in [1.54, 1.807) is 13.8 Å². The van der Waals surface area contributed by atoms with E-state index >= 15 is 0 Å². The molecule has 3 fully saturated rings. The van der Waals surface area contributed by atoms with E-state index in [0.29, 0.717) is 24.7 Å². The van der Waals surface area contributed by atoms with Gasteiger partial charge in [0.25, 0.3) is 0 Å². The maximum atomic E-state index is 10.1. The fourth-order valence-corrected chi connectivity index (χ4v) is 6.08. The van der Waals surface area contributed by atoms with Crippen LogP contribution >= 0.6 is 0 Å². The van der Waals surface area contributed by atoms with Gasteiger partial charge in [0.2, 0.25) is 0 Å². The van der Waals surface area contributed by atoms with Crippen molar-refractivity contribution in [3.05, 3.63) is 35.5 Å². The highest BCUT2D eigenvalue weighted by molar-refractivity contribution is 5.38. The second kappa shape index (κ2) is 9.48. The second-order valence-corrected chi connectivity index (χ2v) is 10.9. The molecule has 0 saturated heterocycles. The molecule has 3 aliphatic carbocycles. The molecule has 3 saturated carbocycles. The minimum absolute atomic E-state index is 0.0214. The van der Waals surface area contributed by atoms with Gasteiger partial charge in [0, 0.05) is 6.42 Å². The highest BCUT2D eigenvalue weighted by Gasteiger charge is 2.51. The summed E-state index contributed by atoms with van der Waals surface area (Å²) in [4.78, 5) is 0. The van der Waals surface area contributed by atoms with Crippen LogP contribution < -0.4 is 0 Å². The van der Waals surface area contributed by atoms with Crippen LogP contribution in [-0.2, 0) is 4.74 Å². The SMILES string of the molecule is C=C1/C(=C\C=C2/CCC[C@]3(C)[C@@H]([C@H](C)OC[C@@H](O)C(C)(C)O)CC[C@@H]23)C[C@@H](O)C[C@@H]1O. The summed E-state index contributed by atoms with van der Waals surface area (Å²) in [5, 5.41) is 40.2. The van der Waals surface area contributed by atoms with E-state index < -0.39 is 23.9 Å². The van der Waals surface area contributed by atoms with E-state index in [-0.39, 0.29) is 18.1 Å². The number of hydrogen-bond acceptors (Lipinski definition) is 5. The molecule has 0 aliphatic heterocycles. The molecule has 0 amide bonds. The van der Waals surface area contributed by atoms with Crippen molar-refractivity contribution in [2.75, 3.05) is 6.61 Å². The summed E-state index contributed by atoms with van der Waals surface area (Å²) >= 11 is 0. The molecule has 0 spiro atoms. The van der Waals surface area contributed by atoms with Gasteiger partial charge in [-0.25, -0.2) is 0 Å². The minimum Gasteiger partial charge on any atom is -0.393 e. The van der Waals surface area contributed by atoms with Gasteiger partial charge in [0.05, 0.1) is 30.5 Å². The van der Waals surface area contributed by atoms with Crippen LogP contribution in [0.3, 0.4) is 0 Å². The molecule has 7 atom stereocenters. The molecule has 3 aliphatic rings. The fraction of sp³-hybridized carbons (Fsp3) is 0.769. The molecule has 0 radical (unpaired) electrons. The first-order valence-corrected chi connectivity index (χ1v) is 11.9. The van der Waals surface area contributed by atoms with Crippen LogP contribution in [0, 0.1) is 17.3 Å². The van der Waals surface area contributed by atoms with Crippen molar-refractivity contribution in [3.63, 3.8) is 0 Å². The average molecular weight is 435 g/mol. The number of allylic oxidation sites excluding steroid dienone is 3. The Labute approximate surface area is 187 Å². The third kappa shape index (κ3) is 5.33. The van der Waals surface area contributed by atoms with Gasteiger partial charge in [-0.2, -0.15) is 0 Å². The quantitative estimate of drug-likeness (QED) is 0.512. The molecule has 3 rings (SSSR count). The van der Waals surface area contributed by atoms with Crippen LogP contribution in [-0.4, -0.2) is 57.0 Å². The number of aliphatic hydroxyl groups is 4. The maximum absolute atomic E-state index is 10.1. The zero-order valence-electron chi connectivity index (χ0n) is 19.7. The number of fused-ring (bicyclic) bond motifs is 1. The third-order valence-corrected chi connectivity index (χ3v) is 8.20. The number of ether oxygens (including phenoxy) is 1. The molecular weight excluding hydrogens is 392 g/mol. The Balaban J connectivity index is 1.71. The summed E-state index contributed by atoms with van der Waals surface area (Å²) in [5.41, 5.74) is 2.13. The van der Waals surface area contributed by atoms with Crippen LogP contribution in [0.5, 0.6) is 0 Å². The molecule has 0 aromatic rings. The van der Waals surface area contributed by atoms with Crippen LogP contribution in [0.4, 0.5) is 0 Å². The first-order chi connectivity index (χ1) is 14.4. The predicted molar refractivity (Wildman–Crippen MR) is 122 cm³/mol. The zero-order valence-corrected chi connectivity index (χ0v) is 19.7. The molecule has 176 valence electrons. The van der Waals surface area contributed by atoms with E-state index in [9.17, 15) is 20.4 Å². The van der Waals surface area contributed by atoms with E-state index in [4.69, 9.17) is 4.74 Å². The largest absolute Gasteiger partial charge is 0.393 e. The standard InChI is InChI=1S/C26H42O5/c1-16-19(13-20(27)14-23(16)28)9-8-18-7-6-12-26(5)21(10-11-22(18)26)17(2)31-15-24(29)25(3,4)30/h8-9,17,20-24,27-30H,1,6-7,10-15H2,2-5H3/b18-8+,19-9-/t17-,20+,21+,22-,23-,24+,26+/m0/s1. The minimum atomic E-state index is -1.17. The van der Waals surface area contributed by atoms with Gasteiger partial charge in [-0.1, -0.05) is 31.2 Å². The number of hydrogen-bond donors (Lipinski definition) is 4. The monoisotopic (exact) mass is 434 g/mol. The van der Waals surface area contributed by atoms with E-state index in [0.717, 1.165) is 36.8 Å². The van der Waals surface area contributed by atoms with Crippen molar-refractivity contribution in [2.45, 2.75) is 103 Å². The highest BCUT2D eigenvalue weighted by Crippen LogP contribution is 2.58. The summed E-state index contributed by atoms with van der Waals surface area (Å²) in [7, 11) is 0. The smallest absolute Gasteiger partial charge is 0.105 e. The molecule has 0 heterocycles. The van der Waals surface area contributed by atoms with Crippen molar-refractivity contribution < 1.29 is 25.2 Å². The summed E-state index contributed by atoms with van der Waals surface area (Å²) in [5.74, 6) is 0.913. The average Bonchev–Trinajstić information content (AvgIpc) is 3.04. The Morgan fingerprint density at radius 3 is 2.65 bits per heavy atom. The Morgan fingerprint density at radius 1 is 1.26 bits per heavy atom. The van der Waals surface area contributed by atoms with Gasteiger partial charge in [-0.3, -0.25) is 0 Å². The lowest BCUT2D eigenvalue weighted by molar-refractivity contribution is -0.114. The first-order valence-electron chi connectivity index (χ1n) is 11.9. The summed E-state index contributed by atoms with van der Waals surface area (Å²) in [6.07, 6.45) is 8.80. The lowest BCUT2D eigenvalue weighted by Crippen LogP contribution is -2.43. The van der Waals surface area contributed by atoms with Crippen molar-refractivity contribution >= 4 is 0 Å². The summed E-state index contributed by atoms with van der Waals surface area (Å²) in [6, 6.07) is 0. The molecule has 31 heavy (non-hydrogen) atoms. The molecule has 0 aromatic carbocycles. The third-order valence-electron chi connectivity index (χ3n) is 8.20.